The monoisotopic (exact) mass is 329 g/mol. The zero-order valence-electron chi connectivity index (χ0n) is 12.6. The van der Waals surface area contributed by atoms with Crippen molar-refractivity contribution in [3.05, 3.63) is 60.0 Å². The highest BCUT2D eigenvalue weighted by molar-refractivity contribution is 7.92. The lowest BCUT2D eigenvalue weighted by atomic mass is 10.2. The van der Waals surface area contributed by atoms with Gasteiger partial charge < -0.3 is 4.42 Å². The summed E-state index contributed by atoms with van der Waals surface area (Å²) < 4.78 is 32.7. The molecule has 0 amide bonds. The first kappa shape index (κ1) is 15.2. The van der Waals surface area contributed by atoms with Crippen LogP contribution in [0.5, 0.6) is 0 Å². The van der Waals surface area contributed by atoms with E-state index in [0.29, 0.717) is 23.0 Å². The average molecular weight is 329 g/mol. The molecule has 7 heteroatoms. The zero-order valence-corrected chi connectivity index (χ0v) is 13.5. The van der Waals surface area contributed by atoms with Gasteiger partial charge in [-0.25, -0.2) is 8.42 Å². The van der Waals surface area contributed by atoms with Crippen LogP contribution < -0.4 is 4.72 Å². The Morgan fingerprint density at radius 1 is 1.00 bits per heavy atom. The number of aryl methyl sites for hydroxylation is 2. The summed E-state index contributed by atoms with van der Waals surface area (Å²) in [4.78, 5) is 0.210. The van der Waals surface area contributed by atoms with Gasteiger partial charge in [-0.3, -0.25) is 4.72 Å². The Balaban J connectivity index is 1.89. The second-order valence-corrected chi connectivity index (χ2v) is 6.81. The van der Waals surface area contributed by atoms with Crippen molar-refractivity contribution in [1.82, 2.24) is 10.2 Å². The second-order valence-electron chi connectivity index (χ2n) is 5.13. The summed E-state index contributed by atoms with van der Waals surface area (Å²) in [5.74, 6) is 0.796. The normalized spacial score (nSPS) is 11.4. The van der Waals surface area contributed by atoms with Gasteiger partial charge in [0.1, 0.15) is 0 Å². The molecule has 1 heterocycles. The Labute approximate surface area is 134 Å². The van der Waals surface area contributed by atoms with Crippen LogP contribution in [0.4, 0.5) is 5.69 Å². The lowest BCUT2D eigenvalue weighted by molar-refractivity contribution is 0.533. The molecule has 0 aliphatic carbocycles. The third kappa shape index (κ3) is 3.40. The summed E-state index contributed by atoms with van der Waals surface area (Å²) in [6.45, 7) is 3.60. The summed E-state index contributed by atoms with van der Waals surface area (Å²) in [7, 11) is -3.64. The van der Waals surface area contributed by atoms with Crippen molar-refractivity contribution in [2.24, 2.45) is 0 Å². The molecule has 0 fully saturated rings. The number of benzene rings is 2. The van der Waals surface area contributed by atoms with Crippen molar-refractivity contribution in [1.29, 1.82) is 0 Å². The topological polar surface area (TPSA) is 85.1 Å². The first-order valence-electron chi connectivity index (χ1n) is 6.94. The molecule has 2 aromatic carbocycles. The maximum atomic E-state index is 12.4. The average Bonchev–Trinajstić information content (AvgIpc) is 2.94. The molecule has 0 aliphatic rings. The third-order valence-corrected chi connectivity index (χ3v) is 4.62. The fourth-order valence-electron chi connectivity index (χ4n) is 2.06. The van der Waals surface area contributed by atoms with Gasteiger partial charge in [-0.2, -0.15) is 0 Å². The van der Waals surface area contributed by atoms with Crippen molar-refractivity contribution in [3.63, 3.8) is 0 Å². The van der Waals surface area contributed by atoms with Crippen LogP contribution in [0.1, 0.15) is 11.5 Å². The molecule has 0 radical (unpaired) electrons. The van der Waals surface area contributed by atoms with Gasteiger partial charge in [0.2, 0.25) is 11.8 Å². The minimum atomic E-state index is -3.64. The van der Waals surface area contributed by atoms with E-state index < -0.39 is 10.0 Å². The van der Waals surface area contributed by atoms with E-state index in [1.807, 2.05) is 6.92 Å². The Morgan fingerprint density at radius 2 is 1.74 bits per heavy atom. The van der Waals surface area contributed by atoms with Crippen LogP contribution in [-0.4, -0.2) is 18.6 Å². The molecule has 23 heavy (non-hydrogen) atoms. The molecule has 0 saturated heterocycles. The van der Waals surface area contributed by atoms with Crippen molar-refractivity contribution in [3.8, 4) is 11.5 Å². The summed E-state index contributed by atoms with van der Waals surface area (Å²) >= 11 is 0. The standard InChI is InChI=1S/C16H15N3O3S/c1-11-6-8-15(9-7-11)23(20,21)19-14-5-3-4-13(10-14)16-18-17-12(2)22-16/h3-10,19H,1-2H3. The molecular formula is C16H15N3O3S. The van der Waals surface area contributed by atoms with Gasteiger partial charge >= 0.3 is 0 Å². The third-order valence-electron chi connectivity index (χ3n) is 3.22. The van der Waals surface area contributed by atoms with E-state index in [0.717, 1.165) is 5.56 Å². The number of rotatable bonds is 4. The summed E-state index contributed by atoms with van der Waals surface area (Å²) in [5.41, 5.74) is 2.08. The van der Waals surface area contributed by atoms with Gasteiger partial charge in [0.05, 0.1) is 4.90 Å². The van der Waals surface area contributed by atoms with Crippen LogP contribution >= 0.6 is 0 Å². The van der Waals surface area contributed by atoms with E-state index in [1.54, 1.807) is 55.5 Å². The van der Waals surface area contributed by atoms with E-state index in [2.05, 4.69) is 14.9 Å². The lowest BCUT2D eigenvalue weighted by Crippen LogP contribution is -2.12. The molecule has 118 valence electrons. The van der Waals surface area contributed by atoms with Crippen LogP contribution in [0.3, 0.4) is 0 Å². The Morgan fingerprint density at radius 3 is 2.39 bits per heavy atom. The molecule has 3 rings (SSSR count). The highest BCUT2D eigenvalue weighted by Gasteiger charge is 2.15. The number of hydrogen-bond acceptors (Lipinski definition) is 5. The van der Waals surface area contributed by atoms with Crippen LogP contribution in [0, 0.1) is 13.8 Å². The van der Waals surface area contributed by atoms with Crippen LogP contribution in [-0.2, 0) is 10.0 Å². The minimum Gasteiger partial charge on any atom is -0.421 e. The van der Waals surface area contributed by atoms with Crippen LogP contribution in [0.15, 0.2) is 57.8 Å². The lowest BCUT2D eigenvalue weighted by Gasteiger charge is -2.09. The minimum absolute atomic E-state index is 0.210. The molecule has 1 aromatic heterocycles. The second kappa shape index (κ2) is 5.85. The Hall–Kier alpha value is -2.67. The molecule has 3 aromatic rings. The van der Waals surface area contributed by atoms with E-state index >= 15 is 0 Å². The SMILES string of the molecule is Cc1ccc(S(=O)(=O)Nc2cccc(-c3nnc(C)o3)c2)cc1. The van der Waals surface area contributed by atoms with Gasteiger partial charge in [-0.1, -0.05) is 23.8 Å². The van der Waals surface area contributed by atoms with E-state index in [4.69, 9.17) is 4.42 Å². The predicted octanol–water partition coefficient (Wildman–Crippen LogP) is 3.15. The van der Waals surface area contributed by atoms with Crippen molar-refractivity contribution >= 4 is 15.7 Å². The maximum Gasteiger partial charge on any atom is 0.261 e. The summed E-state index contributed by atoms with van der Waals surface area (Å²) in [6.07, 6.45) is 0. The first-order valence-corrected chi connectivity index (χ1v) is 8.42. The van der Waals surface area contributed by atoms with E-state index in [1.165, 1.54) is 0 Å². The molecule has 0 saturated carbocycles. The quantitative estimate of drug-likeness (QED) is 0.794. The molecule has 0 aliphatic heterocycles. The van der Waals surface area contributed by atoms with Crippen molar-refractivity contribution in [2.45, 2.75) is 18.7 Å². The number of sulfonamides is 1. The largest absolute Gasteiger partial charge is 0.421 e. The highest BCUT2D eigenvalue weighted by Crippen LogP contribution is 2.23. The van der Waals surface area contributed by atoms with Crippen molar-refractivity contribution < 1.29 is 12.8 Å². The summed E-state index contributed by atoms with van der Waals surface area (Å²) in [6, 6.07) is 13.5. The van der Waals surface area contributed by atoms with Gasteiger partial charge in [-0.15, -0.1) is 10.2 Å². The number of anilines is 1. The first-order chi connectivity index (χ1) is 10.9. The van der Waals surface area contributed by atoms with Gasteiger partial charge in [0.25, 0.3) is 10.0 Å². The number of nitrogens with one attached hydrogen (secondary N) is 1. The molecule has 0 spiro atoms. The molecule has 6 nitrogen and oxygen atoms in total. The van der Waals surface area contributed by atoms with Crippen molar-refractivity contribution in [2.75, 3.05) is 4.72 Å². The highest BCUT2D eigenvalue weighted by atomic mass is 32.2. The maximum absolute atomic E-state index is 12.4. The Kier molecular flexibility index (Phi) is 3.87. The van der Waals surface area contributed by atoms with Gasteiger partial charge in [0, 0.05) is 18.2 Å². The molecule has 0 unspecified atom stereocenters. The molecule has 1 N–H and O–H groups in total. The van der Waals surface area contributed by atoms with Crippen LogP contribution in [0.2, 0.25) is 0 Å². The number of nitrogens with zero attached hydrogens (tertiary/aromatic N) is 2. The number of hydrogen-bond donors (Lipinski definition) is 1. The fourth-order valence-corrected chi connectivity index (χ4v) is 3.11. The fraction of sp³-hybridized carbons (Fsp3) is 0.125. The predicted molar refractivity (Wildman–Crippen MR) is 86.5 cm³/mol. The number of aromatic nitrogens is 2. The molecular weight excluding hydrogens is 314 g/mol. The molecule has 0 atom stereocenters. The smallest absolute Gasteiger partial charge is 0.261 e. The van der Waals surface area contributed by atoms with Crippen LogP contribution in [0.25, 0.3) is 11.5 Å². The van der Waals surface area contributed by atoms with E-state index in [-0.39, 0.29) is 4.90 Å². The van der Waals surface area contributed by atoms with Gasteiger partial charge in [0.15, 0.2) is 0 Å². The van der Waals surface area contributed by atoms with E-state index in [9.17, 15) is 8.42 Å². The zero-order chi connectivity index (χ0) is 16.4. The summed E-state index contributed by atoms with van der Waals surface area (Å²) in [5, 5.41) is 7.70. The van der Waals surface area contributed by atoms with Gasteiger partial charge in [-0.05, 0) is 37.3 Å². The Bertz CT molecular complexity index is 931. The molecule has 0 bridgehead atoms.